The van der Waals surface area contributed by atoms with Gasteiger partial charge < -0.3 is 9.47 Å². The van der Waals surface area contributed by atoms with Gasteiger partial charge in [-0.2, -0.15) is 0 Å². The quantitative estimate of drug-likeness (QED) is 0.756. The molecule has 1 saturated carbocycles. The summed E-state index contributed by atoms with van der Waals surface area (Å²) in [6.07, 6.45) is 2.87. The van der Waals surface area contributed by atoms with Crippen LogP contribution in [0.2, 0.25) is 0 Å². The van der Waals surface area contributed by atoms with Crippen LogP contribution in [0.15, 0.2) is 0 Å². The van der Waals surface area contributed by atoms with E-state index in [-0.39, 0.29) is 29.0 Å². The Morgan fingerprint density at radius 2 is 1.94 bits per heavy atom. The molecule has 0 aromatic heterocycles. The van der Waals surface area contributed by atoms with E-state index in [1.165, 1.54) is 0 Å². The number of hydrogen-bond donors (Lipinski definition) is 0. The normalized spacial score (nSPS) is 31.3. The zero-order valence-electron chi connectivity index (χ0n) is 12.3. The van der Waals surface area contributed by atoms with E-state index in [0.717, 1.165) is 19.3 Å². The fraction of sp³-hybridized carbons (Fsp3) is 0.933. The molecule has 2 atom stereocenters. The van der Waals surface area contributed by atoms with Crippen molar-refractivity contribution in [3.8, 4) is 0 Å². The Morgan fingerprint density at radius 1 is 1.33 bits per heavy atom. The summed E-state index contributed by atoms with van der Waals surface area (Å²) in [5, 5.41) is 0. The van der Waals surface area contributed by atoms with E-state index in [1.807, 2.05) is 20.8 Å². The first-order valence-corrected chi connectivity index (χ1v) is 7.12. The Bertz CT molecular complexity index is 329. The maximum absolute atomic E-state index is 12.7. The molecule has 2 aliphatic rings. The lowest BCUT2D eigenvalue weighted by molar-refractivity contribution is -0.142. The highest BCUT2D eigenvalue weighted by Crippen LogP contribution is 2.45. The Kier molecular flexibility index (Phi) is 3.58. The largest absolute Gasteiger partial charge is 0.370 e. The average Bonchev–Trinajstić information content (AvgIpc) is 3.00. The fourth-order valence-electron chi connectivity index (χ4n) is 3.23. The van der Waals surface area contributed by atoms with E-state index in [9.17, 15) is 4.79 Å². The van der Waals surface area contributed by atoms with Gasteiger partial charge in [-0.05, 0) is 59.8 Å². The zero-order chi connectivity index (χ0) is 13.6. The third-order valence-corrected chi connectivity index (χ3v) is 4.09. The average molecular weight is 254 g/mol. The number of ketones is 1. The summed E-state index contributed by atoms with van der Waals surface area (Å²) in [4.78, 5) is 12.7. The molecule has 0 spiro atoms. The summed E-state index contributed by atoms with van der Waals surface area (Å²) in [5.74, 6) is 0.677. The summed E-state index contributed by atoms with van der Waals surface area (Å²) < 4.78 is 11.7. The number of Topliss-reactive ketones (excluding diaryl/α,β-unsaturated/α-hetero) is 1. The molecule has 1 heterocycles. The highest BCUT2D eigenvalue weighted by atomic mass is 16.5. The molecule has 0 amide bonds. The highest BCUT2D eigenvalue weighted by molar-refractivity contribution is 5.87. The molecule has 0 N–H and O–H groups in total. The van der Waals surface area contributed by atoms with Gasteiger partial charge in [-0.15, -0.1) is 0 Å². The third-order valence-electron chi connectivity index (χ3n) is 4.09. The maximum Gasteiger partial charge on any atom is 0.167 e. The highest BCUT2D eigenvalue weighted by Gasteiger charge is 2.52. The minimum absolute atomic E-state index is 0.0374. The molecule has 0 bridgehead atoms. The van der Waals surface area contributed by atoms with Crippen molar-refractivity contribution >= 4 is 5.78 Å². The molecule has 0 aromatic carbocycles. The molecule has 2 fully saturated rings. The second-order valence-electron chi connectivity index (χ2n) is 6.84. The predicted octanol–water partition coefficient (Wildman–Crippen LogP) is 2.96. The summed E-state index contributed by atoms with van der Waals surface area (Å²) in [6.45, 7) is 10.8. The lowest BCUT2D eigenvalue weighted by atomic mass is 9.81. The van der Waals surface area contributed by atoms with E-state index in [1.54, 1.807) is 0 Å². The molecular weight excluding hydrogens is 228 g/mol. The van der Waals surface area contributed by atoms with Gasteiger partial charge in [-0.1, -0.05) is 0 Å². The Labute approximate surface area is 110 Å². The summed E-state index contributed by atoms with van der Waals surface area (Å²) in [6, 6.07) is 0. The van der Waals surface area contributed by atoms with Gasteiger partial charge >= 0.3 is 0 Å². The molecular formula is C15H26O3. The standard InChI is InChI=1S/C15H26O3/c1-6-17-13(10-7-8-10)12(16)11-9-14(2,3)18-15(11,4)5/h10-11,13H,6-9H2,1-5H3. The fourth-order valence-corrected chi connectivity index (χ4v) is 3.23. The predicted molar refractivity (Wildman–Crippen MR) is 70.5 cm³/mol. The van der Waals surface area contributed by atoms with Crippen LogP contribution in [0.1, 0.15) is 53.9 Å². The molecule has 3 heteroatoms. The van der Waals surface area contributed by atoms with Crippen LogP contribution in [0.3, 0.4) is 0 Å². The summed E-state index contributed by atoms with van der Waals surface area (Å²) in [5.41, 5.74) is -0.574. The summed E-state index contributed by atoms with van der Waals surface area (Å²) in [7, 11) is 0. The van der Waals surface area contributed by atoms with Crippen LogP contribution in [0.4, 0.5) is 0 Å². The van der Waals surface area contributed by atoms with E-state index >= 15 is 0 Å². The van der Waals surface area contributed by atoms with Crippen molar-refractivity contribution in [3.05, 3.63) is 0 Å². The first-order chi connectivity index (χ1) is 8.27. The number of rotatable bonds is 5. The minimum atomic E-state index is -0.370. The van der Waals surface area contributed by atoms with Crippen molar-refractivity contribution < 1.29 is 14.3 Å². The number of carbonyl (C=O) groups excluding carboxylic acids is 1. The third kappa shape index (κ3) is 2.77. The number of ether oxygens (including phenoxy) is 2. The van der Waals surface area contributed by atoms with Gasteiger partial charge in [-0.3, -0.25) is 4.79 Å². The molecule has 1 aliphatic heterocycles. The Morgan fingerprint density at radius 3 is 2.33 bits per heavy atom. The SMILES string of the molecule is CCOC(C(=O)C1CC(C)(C)OC1(C)C)C1CC1. The van der Waals surface area contributed by atoms with Gasteiger partial charge in [0.2, 0.25) is 0 Å². The van der Waals surface area contributed by atoms with Crippen molar-refractivity contribution in [2.75, 3.05) is 6.61 Å². The minimum Gasteiger partial charge on any atom is -0.370 e. The lowest BCUT2D eigenvalue weighted by Crippen LogP contribution is -2.41. The van der Waals surface area contributed by atoms with Gasteiger partial charge in [0.1, 0.15) is 6.10 Å². The first kappa shape index (κ1) is 14.0. The maximum atomic E-state index is 12.7. The second-order valence-corrected chi connectivity index (χ2v) is 6.84. The Balaban J connectivity index is 2.12. The van der Waals surface area contributed by atoms with Crippen LogP contribution < -0.4 is 0 Å². The Hall–Kier alpha value is -0.410. The van der Waals surface area contributed by atoms with Gasteiger partial charge in [0.15, 0.2) is 5.78 Å². The molecule has 1 saturated heterocycles. The lowest BCUT2D eigenvalue weighted by Gasteiger charge is -2.28. The van der Waals surface area contributed by atoms with Gasteiger partial charge in [0.25, 0.3) is 0 Å². The van der Waals surface area contributed by atoms with Crippen molar-refractivity contribution in [2.45, 2.75) is 71.2 Å². The van der Waals surface area contributed by atoms with Crippen LogP contribution in [-0.4, -0.2) is 29.7 Å². The van der Waals surface area contributed by atoms with E-state index in [2.05, 4.69) is 13.8 Å². The topological polar surface area (TPSA) is 35.5 Å². The van der Waals surface area contributed by atoms with Crippen LogP contribution >= 0.6 is 0 Å². The first-order valence-electron chi connectivity index (χ1n) is 7.12. The molecule has 2 rings (SSSR count). The van der Waals surface area contributed by atoms with E-state index in [4.69, 9.17) is 9.47 Å². The molecule has 1 aliphatic carbocycles. The molecule has 2 unspecified atom stereocenters. The van der Waals surface area contributed by atoms with Crippen LogP contribution in [0.25, 0.3) is 0 Å². The monoisotopic (exact) mass is 254 g/mol. The molecule has 0 radical (unpaired) electrons. The van der Waals surface area contributed by atoms with Crippen molar-refractivity contribution in [1.29, 1.82) is 0 Å². The van der Waals surface area contributed by atoms with Crippen molar-refractivity contribution in [3.63, 3.8) is 0 Å². The van der Waals surface area contributed by atoms with Crippen LogP contribution in [0.5, 0.6) is 0 Å². The van der Waals surface area contributed by atoms with E-state index in [0.29, 0.717) is 12.5 Å². The van der Waals surface area contributed by atoms with Crippen LogP contribution in [-0.2, 0) is 14.3 Å². The van der Waals surface area contributed by atoms with E-state index < -0.39 is 0 Å². The van der Waals surface area contributed by atoms with Crippen molar-refractivity contribution in [2.24, 2.45) is 11.8 Å². The summed E-state index contributed by atoms with van der Waals surface area (Å²) >= 11 is 0. The van der Waals surface area contributed by atoms with Gasteiger partial charge in [0, 0.05) is 6.61 Å². The smallest absolute Gasteiger partial charge is 0.167 e. The molecule has 0 aromatic rings. The number of hydrogen-bond acceptors (Lipinski definition) is 3. The number of carbonyl (C=O) groups is 1. The van der Waals surface area contributed by atoms with Gasteiger partial charge in [-0.25, -0.2) is 0 Å². The van der Waals surface area contributed by atoms with Gasteiger partial charge in [0.05, 0.1) is 17.1 Å². The molecule has 104 valence electrons. The molecule has 18 heavy (non-hydrogen) atoms. The molecule has 3 nitrogen and oxygen atoms in total. The zero-order valence-corrected chi connectivity index (χ0v) is 12.3. The van der Waals surface area contributed by atoms with Crippen LogP contribution in [0, 0.1) is 11.8 Å². The van der Waals surface area contributed by atoms with Crippen molar-refractivity contribution in [1.82, 2.24) is 0 Å². The second kappa shape index (κ2) is 4.61.